The predicted octanol–water partition coefficient (Wildman–Crippen LogP) is 0.0325. The van der Waals surface area contributed by atoms with Crippen LogP contribution in [0.1, 0.15) is 26.2 Å². The number of amides is 2. The molecule has 2 unspecified atom stereocenters. The largest absolute Gasteiger partial charge is 0.480 e. The van der Waals surface area contributed by atoms with Crippen LogP contribution in [-0.2, 0) is 9.53 Å². The van der Waals surface area contributed by atoms with Crippen LogP contribution in [0.3, 0.4) is 0 Å². The van der Waals surface area contributed by atoms with Crippen LogP contribution in [-0.4, -0.2) is 65.6 Å². The lowest BCUT2D eigenvalue weighted by atomic mass is 9.98. The molecule has 0 radical (unpaired) electrons. The third-order valence-electron chi connectivity index (χ3n) is 3.28. The van der Waals surface area contributed by atoms with Crippen LogP contribution in [0.15, 0.2) is 0 Å². The Morgan fingerprint density at radius 1 is 1.42 bits per heavy atom. The van der Waals surface area contributed by atoms with Gasteiger partial charge in [0.05, 0.1) is 12.2 Å². The smallest absolute Gasteiger partial charge is 0.328 e. The van der Waals surface area contributed by atoms with E-state index in [0.717, 1.165) is 0 Å². The van der Waals surface area contributed by atoms with E-state index in [4.69, 9.17) is 9.84 Å². The second-order valence-corrected chi connectivity index (χ2v) is 5.13. The molecule has 7 nitrogen and oxygen atoms in total. The number of carbonyl (C=O) groups is 2. The lowest BCUT2D eigenvalue weighted by Crippen LogP contribution is -2.50. The monoisotopic (exact) mass is 274 g/mol. The van der Waals surface area contributed by atoms with Crippen LogP contribution in [0.2, 0.25) is 0 Å². The fraction of sp³-hybridized carbons (Fsp3) is 0.833. The first-order valence-electron chi connectivity index (χ1n) is 6.35. The number of hydrogen-bond donors (Lipinski definition) is 3. The highest BCUT2D eigenvalue weighted by Crippen LogP contribution is 2.21. The molecule has 2 atom stereocenters. The van der Waals surface area contributed by atoms with Gasteiger partial charge < -0.3 is 25.2 Å². The molecular formula is C12H22N2O5. The van der Waals surface area contributed by atoms with Gasteiger partial charge in [-0.15, -0.1) is 0 Å². The number of carboxylic acids is 1. The van der Waals surface area contributed by atoms with Crippen LogP contribution in [0.25, 0.3) is 0 Å². The van der Waals surface area contributed by atoms with Crippen molar-refractivity contribution < 1.29 is 24.5 Å². The van der Waals surface area contributed by atoms with Crippen molar-refractivity contribution in [2.75, 3.05) is 26.8 Å². The second kappa shape index (κ2) is 6.72. The molecule has 1 aliphatic rings. The normalized spacial score (nSPS) is 25.5. The van der Waals surface area contributed by atoms with Gasteiger partial charge in [-0.1, -0.05) is 0 Å². The summed E-state index contributed by atoms with van der Waals surface area (Å²) in [6.07, 6.45) is 1.82. The number of methoxy groups -OCH3 is 1. The van der Waals surface area contributed by atoms with E-state index in [9.17, 15) is 14.7 Å². The summed E-state index contributed by atoms with van der Waals surface area (Å²) < 4.78 is 4.76. The minimum atomic E-state index is -1.13. The highest BCUT2D eigenvalue weighted by atomic mass is 16.5. The number of carboxylic acid groups (broad SMARTS) is 1. The van der Waals surface area contributed by atoms with Crippen LogP contribution in [0.4, 0.5) is 4.79 Å². The van der Waals surface area contributed by atoms with E-state index in [2.05, 4.69) is 5.32 Å². The van der Waals surface area contributed by atoms with E-state index in [0.29, 0.717) is 32.4 Å². The van der Waals surface area contributed by atoms with E-state index < -0.39 is 23.6 Å². The van der Waals surface area contributed by atoms with Crippen molar-refractivity contribution in [2.24, 2.45) is 0 Å². The highest BCUT2D eigenvalue weighted by Gasteiger charge is 2.29. The molecule has 0 aromatic heterocycles. The number of hydrogen-bond acceptors (Lipinski definition) is 4. The molecule has 3 N–H and O–H groups in total. The molecule has 0 aromatic carbocycles. The van der Waals surface area contributed by atoms with Crippen molar-refractivity contribution in [3.63, 3.8) is 0 Å². The number of nitrogens with one attached hydrogen (secondary N) is 1. The van der Waals surface area contributed by atoms with E-state index in [1.54, 1.807) is 6.92 Å². The average molecular weight is 274 g/mol. The SMILES string of the molecule is COCC(NC(=O)N1CCCC(C)(O)CC1)C(=O)O. The first-order chi connectivity index (χ1) is 8.85. The summed E-state index contributed by atoms with van der Waals surface area (Å²) in [4.78, 5) is 24.4. The Bertz CT molecular complexity index is 332. The number of aliphatic carboxylic acids is 1. The fourth-order valence-corrected chi connectivity index (χ4v) is 2.05. The van der Waals surface area contributed by atoms with Gasteiger partial charge in [-0.25, -0.2) is 9.59 Å². The summed E-state index contributed by atoms with van der Waals surface area (Å²) in [5.74, 6) is -1.13. The summed E-state index contributed by atoms with van der Waals surface area (Å²) in [5.41, 5.74) is -0.756. The molecule has 110 valence electrons. The Balaban J connectivity index is 2.54. The standard InChI is InChI=1S/C12H22N2O5/c1-12(18)4-3-6-14(7-5-12)11(17)13-9(8-19-2)10(15)16/h9,18H,3-8H2,1-2H3,(H,13,17)(H,15,16). The van der Waals surface area contributed by atoms with Gasteiger partial charge >= 0.3 is 12.0 Å². The summed E-state index contributed by atoms with van der Waals surface area (Å²) in [7, 11) is 1.38. The number of likely N-dealkylation sites (tertiary alicyclic amines) is 1. The number of nitrogens with zero attached hydrogens (tertiary/aromatic N) is 1. The molecular weight excluding hydrogens is 252 g/mol. The summed E-state index contributed by atoms with van der Waals surface area (Å²) in [5, 5.41) is 21.3. The third-order valence-corrected chi connectivity index (χ3v) is 3.28. The third kappa shape index (κ3) is 5.04. The average Bonchev–Trinajstić information content (AvgIpc) is 2.49. The van der Waals surface area contributed by atoms with Crippen molar-refractivity contribution in [1.82, 2.24) is 10.2 Å². The maximum atomic E-state index is 12.0. The molecule has 0 bridgehead atoms. The minimum absolute atomic E-state index is 0.0768. The molecule has 0 aromatic rings. The zero-order chi connectivity index (χ0) is 14.5. The number of aliphatic hydroxyl groups is 1. The van der Waals surface area contributed by atoms with E-state index in [1.165, 1.54) is 12.0 Å². The summed E-state index contributed by atoms with van der Waals surface area (Å²) in [6, 6.07) is -1.48. The molecule has 0 aliphatic carbocycles. The minimum Gasteiger partial charge on any atom is -0.480 e. The van der Waals surface area contributed by atoms with E-state index in [-0.39, 0.29) is 6.61 Å². The van der Waals surface area contributed by atoms with Gasteiger partial charge in [-0.3, -0.25) is 0 Å². The Kier molecular flexibility index (Phi) is 5.56. The second-order valence-electron chi connectivity index (χ2n) is 5.13. The maximum absolute atomic E-state index is 12.0. The Labute approximate surface area is 112 Å². The van der Waals surface area contributed by atoms with Crippen LogP contribution in [0, 0.1) is 0 Å². The maximum Gasteiger partial charge on any atom is 0.328 e. The van der Waals surface area contributed by atoms with Gasteiger partial charge in [-0.05, 0) is 26.2 Å². The zero-order valence-electron chi connectivity index (χ0n) is 11.4. The van der Waals surface area contributed by atoms with Crippen molar-refractivity contribution in [1.29, 1.82) is 0 Å². The molecule has 0 spiro atoms. The first-order valence-corrected chi connectivity index (χ1v) is 6.35. The van der Waals surface area contributed by atoms with Gasteiger partial charge in [0.25, 0.3) is 0 Å². The van der Waals surface area contributed by atoms with Gasteiger partial charge in [0.15, 0.2) is 6.04 Å². The molecule has 0 saturated carbocycles. The quantitative estimate of drug-likeness (QED) is 0.672. The molecule has 1 rings (SSSR count). The lowest BCUT2D eigenvalue weighted by molar-refractivity contribution is -0.140. The predicted molar refractivity (Wildman–Crippen MR) is 67.9 cm³/mol. The number of ether oxygens (including phenoxy) is 1. The van der Waals surface area contributed by atoms with Crippen LogP contribution in [0.5, 0.6) is 0 Å². The van der Waals surface area contributed by atoms with Gasteiger partial charge in [0.2, 0.25) is 0 Å². The molecule has 1 aliphatic heterocycles. The van der Waals surface area contributed by atoms with Gasteiger partial charge in [0, 0.05) is 20.2 Å². The van der Waals surface area contributed by atoms with Gasteiger partial charge in [-0.2, -0.15) is 0 Å². The zero-order valence-corrected chi connectivity index (χ0v) is 11.4. The van der Waals surface area contributed by atoms with Crippen molar-refractivity contribution in [2.45, 2.75) is 37.8 Å². The van der Waals surface area contributed by atoms with Crippen molar-refractivity contribution in [3.05, 3.63) is 0 Å². The molecule has 7 heteroatoms. The number of rotatable bonds is 4. The molecule has 1 saturated heterocycles. The topological polar surface area (TPSA) is 99.1 Å². The van der Waals surface area contributed by atoms with Gasteiger partial charge in [0.1, 0.15) is 0 Å². The summed E-state index contributed by atoms with van der Waals surface area (Å²) in [6.45, 7) is 2.60. The number of urea groups is 1. The lowest BCUT2D eigenvalue weighted by Gasteiger charge is -2.24. The Hall–Kier alpha value is -1.34. The molecule has 2 amide bonds. The molecule has 1 fully saturated rings. The van der Waals surface area contributed by atoms with Crippen molar-refractivity contribution >= 4 is 12.0 Å². The summed E-state index contributed by atoms with van der Waals surface area (Å²) >= 11 is 0. The molecule has 1 heterocycles. The molecule has 19 heavy (non-hydrogen) atoms. The van der Waals surface area contributed by atoms with Crippen molar-refractivity contribution in [3.8, 4) is 0 Å². The van der Waals surface area contributed by atoms with Crippen LogP contribution >= 0.6 is 0 Å². The Morgan fingerprint density at radius 2 is 2.11 bits per heavy atom. The van der Waals surface area contributed by atoms with E-state index >= 15 is 0 Å². The first kappa shape index (κ1) is 15.7. The number of carbonyl (C=O) groups excluding carboxylic acids is 1. The Morgan fingerprint density at radius 3 is 2.68 bits per heavy atom. The fourth-order valence-electron chi connectivity index (χ4n) is 2.05. The van der Waals surface area contributed by atoms with Crippen LogP contribution < -0.4 is 5.32 Å². The highest BCUT2D eigenvalue weighted by molar-refractivity contribution is 5.82. The van der Waals surface area contributed by atoms with E-state index in [1.807, 2.05) is 0 Å².